The molecule has 1 aliphatic rings. The summed E-state index contributed by atoms with van der Waals surface area (Å²) in [7, 11) is 0. The van der Waals surface area contributed by atoms with Crippen LogP contribution in [-0.2, 0) is 6.54 Å². The van der Waals surface area contributed by atoms with Crippen molar-refractivity contribution in [2.75, 3.05) is 5.32 Å². The number of carbonyl (C=O) groups is 1. The van der Waals surface area contributed by atoms with Crippen LogP contribution in [0.25, 0.3) is 11.5 Å². The SMILES string of the molecule is Cc1cccc([C@H]2c3cccn3-c3c(c(C)nn3-c3ccccc3)CN2C(=O)Nc2ccc(F)cc2F)c1. The molecule has 0 fully saturated rings. The van der Waals surface area contributed by atoms with Crippen molar-refractivity contribution >= 4 is 11.7 Å². The van der Waals surface area contributed by atoms with Crippen molar-refractivity contribution < 1.29 is 13.6 Å². The number of para-hydroxylation sites is 1. The summed E-state index contributed by atoms with van der Waals surface area (Å²) < 4.78 is 32.0. The fourth-order valence-corrected chi connectivity index (χ4v) is 5.12. The Hall–Kier alpha value is -4.72. The second kappa shape index (κ2) is 9.30. The van der Waals surface area contributed by atoms with Crippen molar-refractivity contribution in [1.29, 1.82) is 0 Å². The molecule has 6 nitrogen and oxygen atoms in total. The fraction of sp³-hybridized carbons (Fsp3) is 0.133. The molecule has 38 heavy (non-hydrogen) atoms. The van der Waals surface area contributed by atoms with E-state index < -0.39 is 23.7 Å². The summed E-state index contributed by atoms with van der Waals surface area (Å²) in [5, 5.41) is 7.50. The van der Waals surface area contributed by atoms with Crippen molar-refractivity contribution in [3.63, 3.8) is 0 Å². The first kappa shape index (κ1) is 23.7. The van der Waals surface area contributed by atoms with E-state index in [0.717, 1.165) is 51.7 Å². The van der Waals surface area contributed by atoms with Gasteiger partial charge in [0.25, 0.3) is 0 Å². The number of hydrogen-bond donors (Lipinski definition) is 1. The van der Waals surface area contributed by atoms with Gasteiger partial charge in [0.1, 0.15) is 17.5 Å². The highest BCUT2D eigenvalue weighted by molar-refractivity contribution is 5.90. The van der Waals surface area contributed by atoms with Crippen molar-refractivity contribution in [3.8, 4) is 11.5 Å². The number of aromatic nitrogens is 3. The monoisotopic (exact) mass is 509 g/mol. The minimum atomic E-state index is -0.836. The molecule has 8 heteroatoms. The normalized spacial score (nSPS) is 14.5. The Balaban J connectivity index is 1.54. The molecule has 0 aliphatic carbocycles. The highest BCUT2D eigenvalue weighted by Crippen LogP contribution is 2.39. The molecule has 0 saturated carbocycles. The van der Waals surface area contributed by atoms with Crippen LogP contribution in [0.2, 0.25) is 0 Å². The number of carbonyl (C=O) groups excluding carboxylic acids is 1. The molecule has 1 N–H and O–H groups in total. The molecule has 1 atom stereocenters. The van der Waals surface area contributed by atoms with Crippen LogP contribution in [-0.4, -0.2) is 25.3 Å². The van der Waals surface area contributed by atoms with Gasteiger partial charge in [0.2, 0.25) is 0 Å². The van der Waals surface area contributed by atoms with Crippen LogP contribution in [0, 0.1) is 25.5 Å². The number of rotatable bonds is 3. The topological polar surface area (TPSA) is 55.1 Å². The van der Waals surface area contributed by atoms with Gasteiger partial charge < -0.3 is 14.8 Å². The molecular weight excluding hydrogens is 484 g/mol. The van der Waals surface area contributed by atoms with Crippen molar-refractivity contribution in [1.82, 2.24) is 19.2 Å². The largest absolute Gasteiger partial charge is 0.323 e. The van der Waals surface area contributed by atoms with E-state index in [-0.39, 0.29) is 12.2 Å². The smallest absolute Gasteiger partial charge is 0.307 e. The minimum absolute atomic E-state index is 0.0871. The number of nitrogens with one attached hydrogen (secondary N) is 1. The highest BCUT2D eigenvalue weighted by atomic mass is 19.1. The van der Waals surface area contributed by atoms with E-state index in [2.05, 4.69) is 9.88 Å². The van der Waals surface area contributed by atoms with E-state index in [4.69, 9.17) is 5.10 Å². The average Bonchev–Trinajstić information content (AvgIpc) is 3.46. The Morgan fingerprint density at radius 1 is 0.947 bits per heavy atom. The first-order valence-electron chi connectivity index (χ1n) is 12.3. The fourth-order valence-electron chi connectivity index (χ4n) is 5.12. The van der Waals surface area contributed by atoms with Crippen LogP contribution >= 0.6 is 0 Å². The van der Waals surface area contributed by atoms with E-state index in [1.165, 1.54) is 6.07 Å². The lowest BCUT2D eigenvalue weighted by Crippen LogP contribution is -2.38. The molecular formula is C30H25F2N5O. The van der Waals surface area contributed by atoms with Gasteiger partial charge in [0.15, 0.2) is 0 Å². The van der Waals surface area contributed by atoms with Crippen LogP contribution in [0.3, 0.4) is 0 Å². The summed E-state index contributed by atoms with van der Waals surface area (Å²) >= 11 is 0. The molecule has 5 aromatic rings. The van der Waals surface area contributed by atoms with E-state index in [9.17, 15) is 13.6 Å². The molecule has 0 radical (unpaired) electrons. The minimum Gasteiger partial charge on any atom is -0.307 e. The summed E-state index contributed by atoms with van der Waals surface area (Å²) in [4.78, 5) is 15.6. The number of fused-ring (bicyclic) bond motifs is 3. The third-order valence-electron chi connectivity index (χ3n) is 6.88. The van der Waals surface area contributed by atoms with Gasteiger partial charge >= 0.3 is 6.03 Å². The Morgan fingerprint density at radius 3 is 2.53 bits per heavy atom. The summed E-state index contributed by atoms with van der Waals surface area (Å²) in [6.45, 7) is 4.15. The van der Waals surface area contributed by atoms with Crippen LogP contribution in [0.1, 0.15) is 34.1 Å². The van der Waals surface area contributed by atoms with Gasteiger partial charge in [-0.3, -0.25) is 0 Å². The zero-order chi connectivity index (χ0) is 26.4. The number of anilines is 1. The zero-order valence-corrected chi connectivity index (χ0v) is 20.9. The maximum atomic E-state index is 14.5. The molecule has 0 unspecified atom stereocenters. The van der Waals surface area contributed by atoms with E-state index >= 15 is 0 Å². The lowest BCUT2D eigenvalue weighted by atomic mass is 10.00. The van der Waals surface area contributed by atoms with Crippen molar-refractivity contribution in [3.05, 3.63) is 131 Å². The highest BCUT2D eigenvalue weighted by Gasteiger charge is 2.36. The number of hydrogen-bond acceptors (Lipinski definition) is 2. The second-order valence-corrected chi connectivity index (χ2v) is 9.44. The first-order chi connectivity index (χ1) is 18.4. The Labute approximate surface area is 218 Å². The van der Waals surface area contributed by atoms with Gasteiger partial charge in [-0.2, -0.15) is 5.10 Å². The van der Waals surface area contributed by atoms with Gasteiger partial charge in [-0.05, 0) is 55.8 Å². The molecule has 2 aromatic heterocycles. The zero-order valence-electron chi connectivity index (χ0n) is 20.9. The number of nitrogens with zero attached hydrogens (tertiary/aromatic N) is 4. The third kappa shape index (κ3) is 4.04. The van der Waals surface area contributed by atoms with Crippen LogP contribution in [0.5, 0.6) is 0 Å². The Kier molecular flexibility index (Phi) is 5.79. The molecule has 3 aromatic carbocycles. The number of urea groups is 1. The summed E-state index contributed by atoms with van der Waals surface area (Å²) in [5.74, 6) is -0.702. The van der Waals surface area contributed by atoms with Crippen molar-refractivity contribution in [2.45, 2.75) is 26.4 Å². The van der Waals surface area contributed by atoms with Gasteiger partial charge in [-0.1, -0.05) is 48.0 Å². The summed E-state index contributed by atoms with van der Waals surface area (Å²) in [5.41, 5.74) is 5.29. The maximum absolute atomic E-state index is 14.5. The maximum Gasteiger partial charge on any atom is 0.323 e. The average molecular weight is 510 g/mol. The molecule has 0 saturated heterocycles. The van der Waals surface area contributed by atoms with E-state index in [1.54, 1.807) is 4.90 Å². The quantitative estimate of drug-likeness (QED) is 0.294. The standard InChI is InChI=1S/C30H25F2N5O/c1-19-8-6-9-21(16-19)28-27-12-7-15-35(27)29-24(20(2)34-37(29)23-10-4-3-5-11-23)18-36(28)30(38)33-26-14-13-22(31)17-25(26)32/h3-17,28H,18H2,1-2H3,(H,33,38)/t28-/m0/s1. The predicted octanol–water partition coefficient (Wildman–Crippen LogP) is 6.70. The number of halogens is 2. The molecule has 0 bridgehead atoms. The molecule has 1 aliphatic heterocycles. The number of aryl methyl sites for hydroxylation is 2. The van der Waals surface area contributed by atoms with Gasteiger partial charge in [-0.15, -0.1) is 0 Å². The lowest BCUT2D eigenvalue weighted by molar-refractivity contribution is 0.194. The van der Waals surface area contributed by atoms with Crippen LogP contribution < -0.4 is 5.32 Å². The molecule has 6 rings (SSSR count). The lowest BCUT2D eigenvalue weighted by Gasteiger charge is -2.31. The molecule has 190 valence electrons. The second-order valence-electron chi connectivity index (χ2n) is 9.44. The van der Waals surface area contributed by atoms with E-state index in [0.29, 0.717) is 0 Å². The summed E-state index contributed by atoms with van der Waals surface area (Å²) in [6, 6.07) is 23.9. The Bertz CT molecular complexity index is 1660. The molecule has 2 amide bonds. The van der Waals surface area contributed by atoms with Gasteiger partial charge in [-0.25, -0.2) is 18.3 Å². The third-order valence-corrected chi connectivity index (χ3v) is 6.88. The van der Waals surface area contributed by atoms with Crippen LogP contribution in [0.4, 0.5) is 19.3 Å². The number of benzene rings is 3. The van der Waals surface area contributed by atoms with Crippen molar-refractivity contribution in [2.24, 2.45) is 0 Å². The van der Waals surface area contributed by atoms with Gasteiger partial charge in [0, 0.05) is 17.8 Å². The summed E-state index contributed by atoms with van der Waals surface area (Å²) in [6.07, 6.45) is 1.97. The van der Waals surface area contributed by atoms with E-state index in [1.807, 2.05) is 91.5 Å². The predicted molar refractivity (Wildman–Crippen MR) is 142 cm³/mol. The molecule has 0 spiro atoms. The first-order valence-corrected chi connectivity index (χ1v) is 12.3. The number of amides is 2. The molecule has 3 heterocycles. The van der Waals surface area contributed by atoms with Gasteiger partial charge in [0.05, 0.1) is 35.3 Å². The Morgan fingerprint density at radius 2 is 1.76 bits per heavy atom. The van der Waals surface area contributed by atoms with Crippen LogP contribution in [0.15, 0.2) is 91.1 Å².